The SMILES string of the molecule is CSCc1ccc(C(=O)Nc2cc(F)ccc2C(=O)O)o1. The Hall–Kier alpha value is -2.28. The van der Waals surface area contributed by atoms with E-state index in [0.717, 1.165) is 18.2 Å². The Labute approximate surface area is 124 Å². The molecule has 0 aliphatic heterocycles. The second-order valence-corrected chi connectivity index (χ2v) is 5.01. The Balaban J connectivity index is 2.22. The maximum atomic E-state index is 13.2. The average molecular weight is 309 g/mol. The number of furan rings is 1. The van der Waals surface area contributed by atoms with Gasteiger partial charge in [-0.25, -0.2) is 9.18 Å². The van der Waals surface area contributed by atoms with Crippen LogP contribution in [0.25, 0.3) is 0 Å². The molecule has 21 heavy (non-hydrogen) atoms. The number of carboxylic acids is 1. The van der Waals surface area contributed by atoms with E-state index >= 15 is 0 Å². The topological polar surface area (TPSA) is 79.5 Å². The van der Waals surface area contributed by atoms with E-state index in [9.17, 15) is 14.0 Å². The normalized spacial score (nSPS) is 10.4. The van der Waals surface area contributed by atoms with E-state index in [2.05, 4.69) is 5.32 Å². The van der Waals surface area contributed by atoms with Crippen LogP contribution in [0, 0.1) is 5.82 Å². The summed E-state index contributed by atoms with van der Waals surface area (Å²) < 4.78 is 18.5. The lowest BCUT2D eigenvalue weighted by atomic mass is 10.1. The van der Waals surface area contributed by atoms with Gasteiger partial charge in [0.15, 0.2) is 5.76 Å². The van der Waals surface area contributed by atoms with Crippen LogP contribution >= 0.6 is 11.8 Å². The molecule has 0 saturated carbocycles. The molecule has 2 rings (SSSR count). The lowest BCUT2D eigenvalue weighted by Crippen LogP contribution is -2.14. The number of nitrogens with one attached hydrogen (secondary N) is 1. The van der Waals surface area contributed by atoms with E-state index < -0.39 is 17.7 Å². The van der Waals surface area contributed by atoms with Crippen LogP contribution in [-0.2, 0) is 5.75 Å². The molecule has 1 heterocycles. The number of halogens is 1. The summed E-state index contributed by atoms with van der Waals surface area (Å²) in [4.78, 5) is 23.0. The van der Waals surface area contributed by atoms with Crippen molar-refractivity contribution in [3.8, 4) is 0 Å². The minimum absolute atomic E-state index is 0.0413. The van der Waals surface area contributed by atoms with Gasteiger partial charge >= 0.3 is 5.97 Å². The van der Waals surface area contributed by atoms with E-state index in [-0.39, 0.29) is 17.0 Å². The van der Waals surface area contributed by atoms with Crippen LogP contribution < -0.4 is 5.32 Å². The second kappa shape index (κ2) is 6.45. The van der Waals surface area contributed by atoms with Crippen LogP contribution in [0.4, 0.5) is 10.1 Å². The molecule has 0 saturated heterocycles. The van der Waals surface area contributed by atoms with Gasteiger partial charge in [-0.1, -0.05) is 0 Å². The molecule has 5 nitrogen and oxygen atoms in total. The zero-order valence-electron chi connectivity index (χ0n) is 11.1. The van der Waals surface area contributed by atoms with E-state index in [0.29, 0.717) is 11.5 Å². The quantitative estimate of drug-likeness (QED) is 0.886. The van der Waals surface area contributed by atoms with Crippen LogP contribution in [0.3, 0.4) is 0 Å². The highest BCUT2D eigenvalue weighted by molar-refractivity contribution is 7.97. The van der Waals surface area contributed by atoms with E-state index in [1.54, 1.807) is 6.07 Å². The number of carbonyl (C=O) groups is 2. The number of aromatic carboxylic acids is 1. The fourth-order valence-corrected chi connectivity index (χ4v) is 2.15. The van der Waals surface area contributed by atoms with Gasteiger partial charge < -0.3 is 14.8 Å². The predicted molar refractivity (Wildman–Crippen MR) is 77.2 cm³/mol. The predicted octanol–water partition coefficient (Wildman–Crippen LogP) is 3.23. The molecule has 7 heteroatoms. The second-order valence-electron chi connectivity index (χ2n) is 4.15. The smallest absolute Gasteiger partial charge is 0.337 e. The molecule has 0 unspecified atom stereocenters. The monoisotopic (exact) mass is 309 g/mol. The van der Waals surface area contributed by atoms with Crippen LogP contribution in [0.2, 0.25) is 0 Å². The zero-order valence-corrected chi connectivity index (χ0v) is 11.9. The van der Waals surface area contributed by atoms with Crippen LogP contribution in [0.5, 0.6) is 0 Å². The molecule has 0 spiro atoms. The van der Waals surface area contributed by atoms with Crippen molar-refractivity contribution in [1.82, 2.24) is 0 Å². The van der Waals surface area contributed by atoms with Crippen molar-refractivity contribution in [3.05, 3.63) is 53.2 Å². The molecule has 0 atom stereocenters. The minimum atomic E-state index is -1.26. The summed E-state index contributed by atoms with van der Waals surface area (Å²) in [5.74, 6) is -1.24. The van der Waals surface area contributed by atoms with Crippen molar-refractivity contribution in [2.45, 2.75) is 5.75 Å². The van der Waals surface area contributed by atoms with Gasteiger partial charge in [-0.3, -0.25) is 4.79 Å². The molecule has 110 valence electrons. The summed E-state index contributed by atoms with van der Waals surface area (Å²) in [6, 6.07) is 6.21. The number of carboxylic acid groups (broad SMARTS) is 1. The molecule has 0 radical (unpaired) electrons. The largest absolute Gasteiger partial charge is 0.478 e. The highest BCUT2D eigenvalue weighted by Crippen LogP contribution is 2.20. The van der Waals surface area contributed by atoms with Crippen molar-refractivity contribution in [2.75, 3.05) is 11.6 Å². The fourth-order valence-electron chi connectivity index (χ4n) is 1.71. The number of thioether (sulfide) groups is 1. The van der Waals surface area contributed by atoms with Crippen molar-refractivity contribution >= 4 is 29.3 Å². The number of anilines is 1. The van der Waals surface area contributed by atoms with Gasteiger partial charge in [0.2, 0.25) is 0 Å². The standard InChI is InChI=1S/C14H12FNO4S/c1-21-7-9-3-5-12(20-9)13(17)16-11-6-8(15)2-4-10(11)14(18)19/h2-6H,7H2,1H3,(H,16,17)(H,18,19). The Kier molecular flexibility index (Phi) is 4.64. The Morgan fingerprint density at radius 1 is 1.33 bits per heavy atom. The molecule has 0 aliphatic rings. The molecule has 1 aromatic carbocycles. The van der Waals surface area contributed by atoms with Gasteiger partial charge in [0, 0.05) is 0 Å². The Bertz CT molecular complexity index is 683. The summed E-state index contributed by atoms with van der Waals surface area (Å²) in [5, 5.41) is 11.4. The lowest BCUT2D eigenvalue weighted by molar-refractivity contribution is 0.0698. The van der Waals surface area contributed by atoms with Gasteiger partial charge in [0.05, 0.1) is 17.0 Å². The number of rotatable bonds is 5. The summed E-state index contributed by atoms with van der Waals surface area (Å²) in [6.45, 7) is 0. The first-order chi connectivity index (χ1) is 10.0. The van der Waals surface area contributed by atoms with Gasteiger partial charge in [0.25, 0.3) is 5.91 Å². The van der Waals surface area contributed by atoms with Crippen LogP contribution in [-0.4, -0.2) is 23.2 Å². The zero-order chi connectivity index (χ0) is 15.4. The molecule has 0 fully saturated rings. The molecule has 1 amide bonds. The lowest BCUT2D eigenvalue weighted by Gasteiger charge is -2.07. The van der Waals surface area contributed by atoms with Gasteiger partial charge in [0.1, 0.15) is 11.6 Å². The number of hydrogen-bond acceptors (Lipinski definition) is 4. The third-order valence-corrected chi connectivity index (χ3v) is 3.21. The molecule has 0 bridgehead atoms. The minimum Gasteiger partial charge on any atom is -0.478 e. The van der Waals surface area contributed by atoms with Gasteiger partial charge in [-0.05, 0) is 36.6 Å². The number of carbonyl (C=O) groups excluding carboxylic acids is 1. The number of benzene rings is 1. The Morgan fingerprint density at radius 2 is 2.10 bits per heavy atom. The first-order valence-electron chi connectivity index (χ1n) is 5.93. The van der Waals surface area contributed by atoms with Gasteiger partial charge in [-0.15, -0.1) is 0 Å². The highest BCUT2D eigenvalue weighted by Gasteiger charge is 2.16. The van der Waals surface area contributed by atoms with Crippen molar-refractivity contribution in [3.63, 3.8) is 0 Å². The summed E-state index contributed by atoms with van der Waals surface area (Å²) in [7, 11) is 0. The highest BCUT2D eigenvalue weighted by atomic mass is 32.2. The molecular formula is C14H12FNO4S. The van der Waals surface area contributed by atoms with E-state index in [1.165, 1.54) is 17.8 Å². The summed E-state index contributed by atoms with van der Waals surface area (Å²) >= 11 is 1.54. The summed E-state index contributed by atoms with van der Waals surface area (Å²) in [5.41, 5.74) is -0.309. The van der Waals surface area contributed by atoms with Crippen LogP contribution in [0.15, 0.2) is 34.7 Å². The van der Waals surface area contributed by atoms with Crippen molar-refractivity contribution < 1.29 is 23.5 Å². The molecule has 1 aromatic heterocycles. The van der Waals surface area contributed by atoms with Crippen LogP contribution in [0.1, 0.15) is 26.7 Å². The first kappa shape index (κ1) is 15.1. The maximum Gasteiger partial charge on any atom is 0.337 e. The van der Waals surface area contributed by atoms with E-state index in [4.69, 9.17) is 9.52 Å². The number of hydrogen-bond donors (Lipinski definition) is 2. The number of amides is 1. The Morgan fingerprint density at radius 3 is 2.76 bits per heavy atom. The third kappa shape index (κ3) is 3.63. The first-order valence-corrected chi connectivity index (χ1v) is 7.32. The van der Waals surface area contributed by atoms with Crippen molar-refractivity contribution in [1.29, 1.82) is 0 Å². The molecule has 2 N–H and O–H groups in total. The van der Waals surface area contributed by atoms with Gasteiger partial charge in [-0.2, -0.15) is 11.8 Å². The summed E-state index contributed by atoms with van der Waals surface area (Å²) in [6.07, 6.45) is 1.90. The third-order valence-electron chi connectivity index (χ3n) is 2.63. The maximum absolute atomic E-state index is 13.2. The van der Waals surface area contributed by atoms with E-state index in [1.807, 2.05) is 6.26 Å². The molecule has 0 aliphatic carbocycles. The molecule has 2 aromatic rings. The van der Waals surface area contributed by atoms with Crippen molar-refractivity contribution in [2.24, 2.45) is 0 Å². The molecular weight excluding hydrogens is 297 g/mol. The average Bonchev–Trinajstić information content (AvgIpc) is 2.87. The fraction of sp³-hybridized carbons (Fsp3) is 0.143.